The molecule has 0 bridgehead atoms. The molecule has 4 rings (SSSR count). The molecule has 1 aliphatic heterocycles. The number of hydrogen-bond acceptors (Lipinski definition) is 6. The number of benzene rings is 2. The van der Waals surface area contributed by atoms with Crippen molar-refractivity contribution >= 4 is 35.2 Å². The molecule has 2 aromatic carbocycles. The van der Waals surface area contributed by atoms with E-state index in [-0.39, 0.29) is 74.3 Å². The zero-order valence-electron chi connectivity index (χ0n) is 27.0. The molecule has 0 spiro atoms. The number of aromatic nitrogens is 1. The van der Waals surface area contributed by atoms with Crippen LogP contribution in [0.15, 0.2) is 41.2 Å². The Morgan fingerprint density at radius 2 is 1.81 bits per heavy atom. The van der Waals surface area contributed by atoms with E-state index in [1.165, 1.54) is 23.1 Å². The van der Waals surface area contributed by atoms with Crippen LogP contribution >= 0.6 is 23.2 Å². The van der Waals surface area contributed by atoms with Gasteiger partial charge in [0.15, 0.2) is 0 Å². The third kappa shape index (κ3) is 7.74. The number of nitriles is 1. The van der Waals surface area contributed by atoms with Gasteiger partial charge in [-0.25, -0.2) is 4.79 Å². The van der Waals surface area contributed by atoms with E-state index in [0.717, 1.165) is 18.2 Å². The van der Waals surface area contributed by atoms with E-state index in [1.807, 2.05) is 20.8 Å². The first kappa shape index (κ1) is 36.6. The number of phenolic OH excluding ortho intramolecular Hbond substituents is 1. The maximum Gasteiger partial charge on any atom is 0.416 e. The van der Waals surface area contributed by atoms with Gasteiger partial charge in [0.25, 0.3) is 5.56 Å². The van der Waals surface area contributed by atoms with Crippen molar-refractivity contribution in [3.63, 3.8) is 0 Å². The predicted octanol–water partition coefficient (Wildman–Crippen LogP) is 7.85. The Morgan fingerprint density at radius 1 is 1.12 bits per heavy atom. The third-order valence-corrected chi connectivity index (χ3v) is 8.96. The smallest absolute Gasteiger partial charge is 0.416 e. The highest BCUT2D eigenvalue weighted by Crippen LogP contribution is 2.41. The van der Waals surface area contributed by atoms with Crippen molar-refractivity contribution in [1.82, 2.24) is 14.8 Å². The SMILES string of the molecule is CCOC(=O)N1CCC(C(=O)N(C)Cc2cc(Cl)cc(-c3cc(-c4cc(C(F)(F)F)ccc4Cl)c(C#N)c(=O)[nH]3)c2O)CC1C(C)(C)C. The molecule has 14 heteroatoms. The number of ether oxygens (including phenoxy) is 1. The molecule has 2 heterocycles. The highest BCUT2D eigenvalue weighted by atomic mass is 35.5. The van der Waals surface area contributed by atoms with Gasteiger partial charge in [0.1, 0.15) is 17.4 Å². The normalized spacial score (nSPS) is 16.7. The fourth-order valence-corrected chi connectivity index (χ4v) is 6.46. The summed E-state index contributed by atoms with van der Waals surface area (Å²) >= 11 is 12.7. The minimum absolute atomic E-state index is 0.0137. The number of amides is 2. The van der Waals surface area contributed by atoms with Gasteiger partial charge in [0, 0.05) is 64.4 Å². The standard InChI is InChI=1S/C34H35Cl2F3N4O5/c1-6-48-32(47)43-10-9-18(12-28(43)33(2,3)4)31(46)42(5)17-19-11-21(35)14-24(29(19)44)27-15-22(25(16-40)30(45)41-27)23-13-20(34(37,38)39)7-8-26(23)36/h7-8,11,13-15,18,28,44H,6,9-10,12,17H2,1-5H3,(H,41,45). The van der Waals surface area contributed by atoms with Crippen LogP contribution in [-0.2, 0) is 22.3 Å². The van der Waals surface area contributed by atoms with Gasteiger partial charge in [-0.2, -0.15) is 18.4 Å². The second-order valence-electron chi connectivity index (χ2n) is 12.8. The Kier molecular flexibility index (Phi) is 10.8. The Hall–Kier alpha value is -4.21. The van der Waals surface area contributed by atoms with Crippen molar-refractivity contribution in [3.8, 4) is 34.2 Å². The Morgan fingerprint density at radius 3 is 2.42 bits per heavy atom. The van der Waals surface area contributed by atoms with Crippen LogP contribution in [0.3, 0.4) is 0 Å². The molecule has 2 atom stereocenters. The second-order valence-corrected chi connectivity index (χ2v) is 13.6. The quantitative estimate of drug-likeness (QED) is 0.269. The molecule has 0 radical (unpaired) electrons. The van der Waals surface area contributed by atoms with Gasteiger partial charge >= 0.3 is 12.3 Å². The van der Waals surface area contributed by atoms with E-state index in [2.05, 4.69) is 4.98 Å². The first-order valence-corrected chi connectivity index (χ1v) is 15.9. The number of likely N-dealkylation sites (tertiary alicyclic amines) is 1. The molecule has 1 aromatic heterocycles. The topological polar surface area (TPSA) is 127 Å². The van der Waals surface area contributed by atoms with Crippen molar-refractivity contribution in [2.24, 2.45) is 11.3 Å². The summed E-state index contributed by atoms with van der Waals surface area (Å²) < 4.78 is 45.8. The summed E-state index contributed by atoms with van der Waals surface area (Å²) in [4.78, 5) is 44.9. The van der Waals surface area contributed by atoms with E-state index >= 15 is 0 Å². The molecule has 2 amide bonds. The molecule has 1 saturated heterocycles. The van der Waals surface area contributed by atoms with Crippen LogP contribution in [0.5, 0.6) is 5.75 Å². The van der Waals surface area contributed by atoms with E-state index in [1.54, 1.807) is 24.9 Å². The molecule has 256 valence electrons. The second kappa shape index (κ2) is 14.1. The largest absolute Gasteiger partial charge is 0.507 e. The number of carbonyl (C=O) groups excluding carboxylic acids is 2. The average molecular weight is 708 g/mol. The third-order valence-electron chi connectivity index (χ3n) is 8.41. The number of piperidine rings is 1. The number of pyridine rings is 1. The van der Waals surface area contributed by atoms with Gasteiger partial charge in [-0.05, 0) is 61.6 Å². The van der Waals surface area contributed by atoms with E-state index < -0.39 is 34.9 Å². The van der Waals surface area contributed by atoms with Crippen molar-refractivity contribution in [2.45, 2.75) is 59.3 Å². The summed E-state index contributed by atoms with van der Waals surface area (Å²) in [5, 5.41) is 21.1. The molecule has 1 aliphatic rings. The molecular formula is C34H35Cl2F3N4O5. The highest BCUT2D eigenvalue weighted by molar-refractivity contribution is 6.33. The molecule has 2 N–H and O–H groups in total. The number of aromatic hydroxyl groups is 1. The van der Waals surface area contributed by atoms with Gasteiger partial charge < -0.3 is 24.6 Å². The highest BCUT2D eigenvalue weighted by Gasteiger charge is 2.42. The summed E-state index contributed by atoms with van der Waals surface area (Å²) in [7, 11) is 1.57. The summed E-state index contributed by atoms with van der Waals surface area (Å²) in [6.45, 7) is 8.20. The minimum atomic E-state index is -4.72. The lowest BCUT2D eigenvalue weighted by Gasteiger charge is -2.45. The van der Waals surface area contributed by atoms with Crippen LogP contribution in [0.1, 0.15) is 57.2 Å². The first-order chi connectivity index (χ1) is 22.4. The minimum Gasteiger partial charge on any atom is -0.507 e. The zero-order chi connectivity index (χ0) is 35.7. The lowest BCUT2D eigenvalue weighted by Crippen LogP contribution is -2.54. The number of alkyl halides is 3. The van der Waals surface area contributed by atoms with Gasteiger partial charge in [0.05, 0.1) is 17.9 Å². The van der Waals surface area contributed by atoms with Crippen LogP contribution in [0.25, 0.3) is 22.4 Å². The molecule has 9 nitrogen and oxygen atoms in total. The number of H-pyrrole nitrogens is 1. The van der Waals surface area contributed by atoms with E-state index in [0.29, 0.717) is 19.4 Å². The number of phenols is 1. The van der Waals surface area contributed by atoms with E-state index in [4.69, 9.17) is 27.9 Å². The summed E-state index contributed by atoms with van der Waals surface area (Å²) in [5.41, 5.74) is -2.95. The molecule has 1 fully saturated rings. The van der Waals surface area contributed by atoms with Crippen molar-refractivity contribution in [1.29, 1.82) is 5.26 Å². The van der Waals surface area contributed by atoms with Crippen LogP contribution in [-0.4, -0.2) is 58.1 Å². The van der Waals surface area contributed by atoms with Crippen molar-refractivity contribution in [2.75, 3.05) is 20.2 Å². The summed E-state index contributed by atoms with van der Waals surface area (Å²) in [5.74, 6) is -0.965. The Bertz CT molecular complexity index is 1830. The lowest BCUT2D eigenvalue weighted by atomic mass is 9.76. The van der Waals surface area contributed by atoms with Crippen LogP contribution < -0.4 is 5.56 Å². The number of nitrogens with one attached hydrogen (secondary N) is 1. The number of carbonyl (C=O) groups is 2. The number of halogens is 5. The number of aromatic amines is 1. The molecule has 2 unspecified atom stereocenters. The monoisotopic (exact) mass is 706 g/mol. The fraction of sp³-hybridized carbons (Fsp3) is 0.412. The van der Waals surface area contributed by atoms with Gasteiger partial charge in [0.2, 0.25) is 5.91 Å². The lowest BCUT2D eigenvalue weighted by molar-refractivity contribution is -0.138. The molecule has 48 heavy (non-hydrogen) atoms. The Labute approximate surface area is 285 Å². The predicted molar refractivity (Wildman–Crippen MR) is 176 cm³/mol. The Balaban J connectivity index is 1.68. The first-order valence-electron chi connectivity index (χ1n) is 15.1. The molecule has 0 aliphatic carbocycles. The molecular weight excluding hydrogens is 672 g/mol. The number of hydrogen-bond donors (Lipinski definition) is 2. The van der Waals surface area contributed by atoms with E-state index in [9.17, 15) is 37.9 Å². The maximum atomic E-state index is 13.7. The fourth-order valence-electron chi connectivity index (χ4n) is 6.00. The van der Waals surface area contributed by atoms with Gasteiger partial charge in [-0.15, -0.1) is 0 Å². The average Bonchev–Trinajstić information content (AvgIpc) is 3.00. The molecule has 3 aromatic rings. The zero-order valence-corrected chi connectivity index (χ0v) is 28.5. The van der Waals surface area contributed by atoms with Crippen LogP contribution in [0.2, 0.25) is 10.0 Å². The van der Waals surface area contributed by atoms with Crippen LogP contribution in [0, 0.1) is 22.7 Å². The summed E-state index contributed by atoms with van der Waals surface area (Å²) in [6, 6.07) is 8.05. The van der Waals surface area contributed by atoms with Gasteiger partial charge in [-0.1, -0.05) is 44.0 Å². The van der Waals surface area contributed by atoms with Gasteiger partial charge in [-0.3, -0.25) is 9.59 Å². The number of nitrogens with zero attached hydrogens (tertiary/aromatic N) is 3. The van der Waals surface area contributed by atoms with Crippen molar-refractivity contribution < 1.29 is 32.6 Å². The van der Waals surface area contributed by atoms with Crippen molar-refractivity contribution in [3.05, 3.63) is 73.5 Å². The summed E-state index contributed by atoms with van der Waals surface area (Å²) in [6.07, 6.45) is -4.32. The van der Waals surface area contributed by atoms with Crippen LogP contribution in [0.4, 0.5) is 18.0 Å². The number of rotatable bonds is 6. The maximum absolute atomic E-state index is 13.7. The molecule has 0 saturated carbocycles.